The fourth-order valence-corrected chi connectivity index (χ4v) is 1.70. The average molecular weight is 275 g/mol. The summed E-state index contributed by atoms with van der Waals surface area (Å²) in [6.45, 7) is 3.38. The van der Waals surface area contributed by atoms with E-state index in [0.29, 0.717) is 5.82 Å². The number of amides is 1. The van der Waals surface area contributed by atoms with Gasteiger partial charge in [0.05, 0.1) is 6.20 Å². The predicted octanol–water partition coefficient (Wildman–Crippen LogP) is 0.627. The minimum Gasteiger partial charge on any atom is -0.480 e. The van der Waals surface area contributed by atoms with E-state index in [4.69, 9.17) is 5.11 Å². The Morgan fingerprint density at radius 2 is 2.10 bits per heavy atom. The second kappa shape index (κ2) is 5.47. The summed E-state index contributed by atoms with van der Waals surface area (Å²) < 4.78 is 1.08. The van der Waals surface area contributed by atoms with Gasteiger partial charge in [-0.1, -0.05) is 5.21 Å². The molecule has 0 aliphatic rings. The Balaban J connectivity index is 2.11. The SMILES string of the molecule is Cc1cc(C)nc(NC(=O)c2cn(CC(=O)O)nn2)c1. The largest absolute Gasteiger partial charge is 0.480 e. The molecule has 0 aromatic carbocycles. The molecule has 8 heteroatoms. The van der Waals surface area contributed by atoms with Crippen LogP contribution in [0.5, 0.6) is 0 Å². The van der Waals surface area contributed by atoms with Crippen LogP contribution in [0, 0.1) is 13.8 Å². The van der Waals surface area contributed by atoms with Crippen molar-refractivity contribution >= 4 is 17.7 Å². The number of pyridine rings is 1. The molecule has 0 spiro atoms. The first kappa shape index (κ1) is 13.7. The lowest BCUT2D eigenvalue weighted by Gasteiger charge is -2.04. The number of hydrogen-bond acceptors (Lipinski definition) is 5. The van der Waals surface area contributed by atoms with E-state index in [1.807, 2.05) is 19.9 Å². The summed E-state index contributed by atoms with van der Waals surface area (Å²) in [4.78, 5) is 26.6. The summed E-state index contributed by atoms with van der Waals surface area (Å²) >= 11 is 0. The van der Waals surface area contributed by atoms with Crippen molar-refractivity contribution in [1.82, 2.24) is 20.0 Å². The van der Waals surface area contributed by atoms with Crippen molar-refractivity contribution in [3.63, 3.8) is 0 Å². The number of carbonyl (C=O) groups is 2. The molecular weight excluding hydrogens is 262 g/mol. The van der Waals surface area contributed by atoms with Crippen molar-refractivity contribution in [3.05, 3.63) is 35.3 Å². The van der Waals surface area contributed by atoms with Crippen LogP contribution in [0.3, 0.4) is 0 Å². The van der Waals surface area contributed by atoms with Gasteiger partial charge in [0, 0.05) is 5.69 Å². The molecule has 20 heavy (non-hydrogen) atoms. The molecule has 0 atom stereocenters. The standard InChI is InChI=1S/C12H13N5O3/c1-7-3-8(2)13-10(4-7)14-12(20)9-5-17(16-15-9)6-11(18)19/h3-5H,6H2,1-2H3,(H,18,19)(H,13,14,20). The highest BCUT2D eigenvalue weighted by atomic mass is 16.4. The lowest BCUT2D eigenvalue weighted by Crippen LogP contribution is -2.14. The Morgan fingerprint density at radius 3 is 2.75 bits per heavy atom. The zero-order valence-corrected chi connectivity index (χ0v) is 11.0. The lowest BCUT2D eigenvalue weighted by atomic mass is 10.2. The molecule has 8 nitrogen and oxygen atoms in total. The number of carboxylic acid groups (broad SMARTS) is 1. The molecule has 2 aromatic heterocycles. The van der Waals surface area contributed by atoms with Gasteiger partial charge >= 0.3 is 5.97 Å². The molecule has 2 rings (SSSR count). The first-order chi connectivity index (χ1) is 9.44. The van der Waals surface area contributed by atoms with Crippen LogP contribution in [0.15, 0.2) is 18.3 Å². The van der Waals surface area contributed by atoms with E-state index in [2.05, 4.69) is 20.6 Å². The fourth-order valence-electron chi connectivity index (χ4n) is 1.70. The molecule has 2 heterocycles. The summed E-state index contributed by atoms with van der Waals surface area (Å²) in [7, 11) is 0. The zero-order chi connectivity index (χ0) is 14.7. The molecule has 2 aromatic rings. The van der Waals surface area contributed by atoms with Gasteiger partial charge < -0.3 is 10.4 Å². The molecule has 0 saturated carbocycles. The van der Waals surface area contributed by atoms with Crippen LogP contribution in [-0.4, -0.2) is 37.0 Å². The van der Waals surface area contributed by atoms with Gasteiger partial charge in [0.1, 0.15) is 12.4 Å². The Kier molecular flexibility index (Phi) is 3.74. The third kappa shape index (κ3) is 3.37. The van der Waals surface area contributed by atoms with Crippen LogP contribution >= 0.6 is 0 Å². The Labute approximate surface area is 114 Å². The predicted molar refractivity (Wildman–Crippen MR) is 69.3 cm³/mol. The van der Waals surface area contributed by atoms with E-state index in [-0.39, 0.29) is 12.2 Å². The lowest BCUT2D eigenvalue weighted by molar-refractivity contribution is -0.137. The first-order valence-corrected chi connectivity index (χ1v) is 5.82. The third-order valence-corrected chi connectivity index (χ3v) is 2.41. The molecule has 0 radical (unpaired) electrons. The van der Waals surface area contributed by atoms with E-state index in [9.17, 15) is 9.59 Å². The number of aliphatic carboxylic acids is 1. The fraction of sp³-hybridized carbons (Fsp3) is 0.250. The maximum atomic E-state index is 11.9. The highest BCUT2D eigenvalue weighted by Gasteiger charge is 2.13. The number of carbonyl (C=O) groups excluding carboxylic acids is 1. The Hall–Kier alpha value is -2.77. The van der Waals surface area contributed by atoms with E-state index < -0.39 is 11.9 Å². The summed E-state index contributed by atoms with van der Waals surface area (Å²) in [5, 5.41) is 18.4. The van der Waals surface area contributed by atoms with Gasteiger partial charge in [-0.15, -0.1) is 5.10 Å². The molecule has 0 aliphatic heterocycles. The third-order valence-electron chi connectivity index (χ3n) is 2.41. The first-order valence-electron chi connectivity index (χ1n) is 5.82. The molecule has 2 N–H and O–H groups in total. The highest BCUT2D eigenvalue weighted by molar-refractivity contribution is 6.02. The zero-order valence-electron chi connectivity index (χ0n) is 11.0. The molecule has 1 amide bonds. The second-order valence-corrected chi connectivity index (χ2v) is 4.32. The summed E-state index contributed by atoms with van der Waals surface area (Å²) in [6, 6.07) is 3.62. The van der Waals surface area contributed by atoms with Crippen LogP contribution in [0.25, 0.3) is 0 Å². The van der Waals surface area contributed by atoms with E-state index in [1.165, 1.54) is 6.20 Å². The van der Waals surface area contributed by atoms with Crippen molar-refractivity contribution in [2.24, 2.45) is 0 Å². The molecular formula is C12H13N5O3. The summed E-state index contributed by atoms with van der Waals surface area (Å²) in [5.74, 6) is -1.13. The van der Waals surface area contributed by atoms with E-state index in [0.717, 1.165) is 15.9 Å². The van der Waals surface area contributed by atoms with Gasteiger partial charge in [-0.3, -0.25) is 9.59 Å². The number of hydrogen-bond donors (Lipinski definition) is 2. The Morgan fingerprint density at radius 1 is 1.35 bits per heavy atom. The molecule has 0 unspecified atom stereocenters. The monoisotopic (exact) mass is 275 g/mol. The van der Waals surface area contributed by atoms with Crippen molar-refractivity contribution in [3.8, 4) is 0 Å². The minimum atomic E-state index is -1.06. The average Bonchev–Trinajstić information content (AvgIpc) is 2.75. The van der Waals surface area contributed by atoms with Gasteiger partial charge in [-0.25, -0.2) is 9.67 Å². The number of aromatic nitrogens is 4. The van der Waals surface area contributed by atoms with Crippen molar-refractivity contribution in [2.45, 2.75) is 20.4 Å². The smallest absolute Gasteiger partial charge is 0.325 e. The van der Waals surface area contributed by atoms with Gasteiger partial charge in [0.25, 0.3) is 5.91 Å². The molecule has 0 bridgehead atoms. The van der Waals surface area contributed by atoms with Gasteiger partial charge in [0.15, 0.2) is 5.69 Å². The summed E-state index contributed by atoms with van der Waals surface area (Å²) in [5.41, 5.74) is 1.80. The minimum absolute atomic E-state index is 0.0345. The number of rotatable bonds is 4. The van der Waals surface area contributed by atoms with Gasteiger partial charge in [-0.05, 0) is 31.5 Å². The van der Waals surface area contributed by atoms with Crippen LogP contribution < -0.4 is 5.32 Å². The number of carboxylic acids is 1. The van der Waals surface area contributed by atoms with Gasteiger partial charge in [-0.2, -0.15) is 0 Å². The van der Waals surface area contributed by atoms with Crippen molar-refractivity contribution in [2.75, 3.05) is 5.32 Å². The van der Waals surface area contributed by atoms with Crippen molar-refractivity contribution < 1.29 is 14.7 Å². The molecule has 0 aliphatic carbocycles. The topological polar surface area (TPSA) is 110 Å². The molecule has 0 fully saturated rings. The summed E-state index contributed by atoms with van der Waals surface area (Å²) in [6.07, 6.45) is 1.27. The van der Waals surface area contributed by atoms with Crippen LogP contribution in [0.2, 0.25) is 0 Å². The number of anilines is 1. The number of aryl methyl sites for hydroxylation is 2. The number of nitrogens with zero attached hydrogens (tertiary/aromatic N) is 4. The number of nitrogens with one attached hydrogen (secondary N) is 1. The van der Waals surface area contributed by atoms with E-state index in [1.54, 1.807) is 6.07 Å². The van der Waals surface area contributed by atoms with Crippen molar-refractivity contribution in [1.29, 1.82) is 0 Å². The second-order valence-electron chi connectivity index (χ2n) is 4.32. The normalized spacial score (nSPS) is 10.3. The highest BCUT2D eigenvalue weighted by Crippen LogP contribution is 2.10. The van der Waals surface area contributed by atoms with Crippen LogP contribution in [-0.2, 0) is 11.3 Å². The molecule has 0 saturated heterocycles. The van der Waals surface area contributed by atoms with E-state index >= 15 is 0 Å². The van der Waals surface area contributed by atoms with Gasteiger partial charge in [0.2, 0.25) is 0 Å². The quantitative estimate of drug-likeness (QED) is 0.846. The maximum Gasteiger partial charge on any atom is 0.325 e. The van der Waals surface area contributed by atoms with Crippen LogP contribution in [0.4, 0.5) is 5.82 Å². The van der Waals surface area contributed by atoms with Crippen LogP contribution in [0.1, 0.15) is 21.7 Å². The Bertz CT molecular complexity index is 645. The maximum absolute atomic E-state index is 11.9. The molecule has 104 valence electrons.